The summed E-state index contributed by atoms with van der Waals surface area (Å²) in [6.45, 7) is 6.13. The molecule has 2 aromatic rings. The molecular formula is C19H24N4O4. The Labute approximate surface area is 157 Å². The molecule has 8 nitrogen and oxygen atoms in total. The molecule has 2 heterocycles. The van der Waals surface area contributed by atoms with E-state index in [1.807, 2.05) is 13.8 Å². The van der Waals surface area contributed by atoms with Gasteiger partial charge in [0, 0.05) is 42.3 Å². The molecule has 0 atom stereocenters. The van der Waals surface area contributed by atoms with Crippen LogP contribution in [0, 0.1) is 12.8 Å². The van der Waals surface area contributed by atoms with Crippen LogP contribution in [0.3, 0.4) is 0 Å². The predicted octanol–water partition coefficient (Wildman–Crippen LogP) is 1.64. The number of carbonyl (C=O) groups is 2. The van der Waals surface area contributed by atoms with E-state index >= 15 is 0 Å². The molecule has 0 radical (unpaired) electrons. The topological polar surface area (TPSA) is 116 Å². The van der Waals surface area contributed by atoms with Crippen molar-refractivity contribution in [3.8, 4) is 11.4 Å². The number of aryl methyl sites for hydroxylation is 1. The van der Waals surface area contributed by atoms with Gasteiger partial charge < -0.3 is 15.0 Å². The molecule has 2 N–H and O–H groups in total. The summed E-state index contributed by atoms with van der Waals surface area (Å²) in [6.07, 6.45) is 2.97. The van der Waals surface area contributed by atoms with Crippen molar-refractivity contribution in [3.05, 3.63) is 46.1 Å². The fourth-order valence-corrected chi connectivity index (χ4v) is 2.71. The third-order valence-electron chi connectivity index (χ3n) is 4.02. The molecule has 0 unspecified atom stereocenters. The van der Waals surface area contributed by atoms with Gasteiger partial charge in [0.2, 0.25) is 5.91 Å². The van der Waals surface area contributed by atoms with Gasteiger partial charge in [0.15, 0.2) is 0 Å². The number of carboxylic acids is 1. The lowest BCUT2D eigenvalue weighted by atomic mass is 10.1. The van der Waals surface area contributed by atoms with Crippen LogP contribution in [0.15, 0.2) is 29.3 Å². The number of nitrogens with one attached hydrogen (secondary N) is 1. The number of hydrogen-bond acceptors (Lipinski definition) is 5. The molecule has 2 aromatic heterocycles. The Balaban J connectivity index is 2.23. The average molecular weight is 372 g/mol. The first-order valence-corrected chi connectivity index (χ1v) is 8.77. The zero-order chi connectivity index (χ0) is 20.0. The number of hydrogen-bond donors (Lipinski definition) is 2. The van der Waals surface area contributed by atoms with Crippen LogP contribution < -0.4 is 5.56 Å². The maximum atomic E-state index is 12.7. The van der Waals surface area contributed by atoms with Crippen LogP contribution in [0.5, 0.6) is 0 Å². The molecule has 2 rings (SSSR count). The standard InChI is InChI=1S/C19H24N4O4/c1-12(2)11-23(8-6-17(25)26)16(24)9-15-13(3)21-18(22-19(15)27)14-5-4-7-20-10-14/h4-5,7,10,12H,6,8-9,11H2,1-3H3,(H,25,26)(H,21,22,27). The minimum absolute atomic E-state index is 0.116. The third-order valence-corrected chi connectivity index (χ3v) is 4.02. The van der Waals surface area contributed by atoms with E-state index in [0.29, 0.717) is 23.6 Å². The first kappa shape index (κ1) is 20.3. The predicted molar refractivity (Wildman–Crippen MR) is 100 cm³/mol. The summed E-state index contributed by atoms with van der Waals surface area (Å²) in [4.78, 5) is 48.6. The van der Waals surface area contributed by atoms with E-state index in [4.69, 9.17) is 5.11 Å². The molecule has 1 amide bonds. The Morgan fingerprint density at radius 3 is 2.63 bits per heavy atom. The maximum absolute atomic E-state index is 12.7. The number of carboxylic acid groups (broad SMARTS) is 1. The highest BCUT2D eigenvalue weighted by molar-refractivity contribution is 5.79. The molecule has 27 heavy (non-hydrogen) atoms. The number of amides is 1. The molecule has 144 valence electrons. The van der Waals surface area contributed by atoms with Gasteiger partial charge in [-0.15, -0.1) is 0 Å². The Morgan fingerprint density at radius 2 is 2.07 bits per heavy atom. The van der Waals surface area contributed by atoms with Crippen LogP contribution in [-0.4, -0.2) is 49.9 Å². The van der Waals surface area contributed by atoms with Crippen molar-refractivity contribution in [2.75, 3.05) is 13.1 Å². The van der Waals surface area contributed by atoms with Crippen LogP contribution in [0.25, 0.3) is 11.4 Å². The number of rotatable bonds is 8. The molecule has 0 fully saturated rings. The molecule has 8 heteroatoms. The quantitative estimate of drug-likeness (QED) is 0.728. The zero-order valence-electron chi connectivity index (χ0n) is 15.7. The van der Waals surface area contributed by atoms with E-state index in [2.05, 4.69) is 15.0 Å². The molecule has 0 spiro atoms. The SMILES string of the molecule is Cc1nc(-c2cccnc2)[nH]c(=O)c1CC(=O)N(CCC(=O)O)CC(C)C. The number of aromatic amines is 1. The molecule has 0 aromatic carbocycles. The molecular weight excluding hydrogens is 348 g/mol. The van der Waals surface area contributed by atoms with Crippen molar-refractivity contribution in [1.29, 1.82) is 0 Å². The zero-order valence-corrected chi connectivity index (χ0v) is 15.7. The van der Waals surface area contributed by atoms with Crippen LogP contribution in [-0.2, 0) is 16.0 Å². The summed E-state index contributed by atoms with van der Waals surface area (Å²) < 4.78 is 0. The lowest BCUT2D eigenvalue weighted by Gasteiger charge is -2.24. The fourth-order valence-electron chi connectivity index (χ4n) is 2.71. The summed E-state index contributed by atoms with van der Waals surface area (Å²) >= 11 is 0. The number of aliphatic carboxylic acids is 1. The lowest BCUT2D eigenvalue weighted by molar-refractivity contribution is -0.138. The van der Waals surface area contributed by atoms with Gasteiger partial charge in [-0.1, -0.05) is 13.8 Å². The van der Waals surface area contributed by atoms with Gasteiger partial charge in [-0.3, -0.25) is 19.4 Å². The fraction of sp³-hybridized carbons (Fsp3) is 0.421. The minimum Gasteiger partial charge on any atom is -0.481 e. The number of pyridine rings is 1. The number of H-pyrrole nitrogens is 1. The number of carbonyl (C=O) groups excluding carboxylic acids is 1. The smallest absolute Gasteiger partial charge is 0.305 e. The van der Waals surface area contributed by atoms with E-state index in [1.54, 1.807) is 31.5 Å². The van der Waals surface area contributed by atoms with Crippen LogP contribution in [0.1, 0.15) is 31.5 Å². The van der Waals surface area contributed by atoms with Crippen LogP contribution in [0.2, 0.25) is 0 Å². The Morgan fingerprint density at radius 1 is 1.33 bits per heavy atom. The molecule has 0 saturated heterocycles. The number of nitrogens with zero attached hydrogens (tertiary/aromatic N) is 3. The normalized spacial score (nSPS) is 10.8. The van der Waals surface area contributed by atoms with Gasteiger partial charge in [-0.2, -0.15) is 0 Å². The van der Waals surface area contributed by atoms with Gasteiger partial charge in [-0.05, 0) is 25.0 Å². The Hall–Kier alpha value is -3.03. The van der Waals surface area contributed by atoms with Gasteiger partial charge in [0.05, 0.1) is 12.8 Å². The average Bonchev–Trinajstić information content (AvgIpc) is 2.61. The van der Waals surface area contributed by atoms with Gasteiger partial charge in [-0.25, -0.2) is 4.98 Å². The van der Waals surface area contributed by atoms with Crippen LogP contribution in [0.4, 0.5) is 0 Å². The van der Waals surface area contributed by atoms with E-state index < -0.39 is 5.97 Å². The second kappa shape index (κ2) is 9.07. The highest BCUT2D eigenvalue weighted by Crippen LogP contribution is 2.13. The van der Waals surface area contributed by atoms with Gasteiger partial charge in [0.25, 0.3) is 5.56 Å². The van der Waals surface area contributed by atoms with Crippen molar-refractivity contribution in [2.45, 2.75) is 33.6 Å². The summed E-state index contributed by atoms with van der Waals surface area (Å²) in [6, 6.07) is 3.53. The number of aromatic nitrogens is 3. The monoisotopic (exact) mass is 372 g/mol. The Bertz CT molecular complexity index is 862. The second-order valence-electron chi connectivity index (χ2n) is 6.77. The largest absolute Gasteiger partial charge is 0.481 e. The second-order valence-corrected chi connectivity index (χ2v) is 6.77. The lowest BCUT2D eigenvalue weighted by Crippen LogP contribution is -2.38. The van der Waals surface area contributed by atoms with E-state index in [0.717, 1.165) is 0 Å². The van der Waals surface area contributed by atoms with E-state index in [1.165, 1.54) is 4.90 Å². The molecule has 0 saturated carbocycles. The summed E-state index contributed by atoms with van der Waals surface area (Å²) in [5.41, 5.74) is 1.06. The molecule has 0 aliphatic rings. The molecule has 0 aliphatic heterocycles. The summed E-state index contributed by atoms with van der Waals surface area (Å²) in [5, 5.41) is 8.89. The van der Waals surface area contributed by atoms with Crippen molar-refractivity contribution in [3.63, 3.8) is 0 Å². The van der Waals surface area contributed by atoms with Crippen molar-refractivity contribution >= 4 is 11.9 Å². The minimum atomic E-state index is -0.965. The first-order valence-electron chi connectivity index (χ1n) is 8.77. The Kier molecular flexibility index (Phi) is 6.81. The summed E-state index contributed by atoms with van der Waals surface area (Å²) in [5.74, 6) is -0.664. The molecule has 0 bridgehead atoms. The molecule has 0 aliphatic carbocycles. The first-order chi connectivity index (χ1) is 12.8. The highest BCUT2D eigenvalue weighted by Gasteiger charge is 2.20. The maximum Gasteiger partial charge on any atom is 0.305 e. The van der Waals surface area contributed by atoms with E-state index in [-0.39, 0.29) is 42.3 Å². The van der Waals surface area contributed by atoms with Crippen molar-refractivity contribution < 1.29 is 14.7 Å². The highest BCUT2D eigenvalue weighted by atomic mass is 16.4. The van der Waals surface area contributed by atoms with Crippen LogP contribution >= 0.6 is 0 Å². The van der Waals surface area contributed by atoms with Gasteiger partial charge >= 0.3 is 5.97 Å². The van der Waals surface area contributed by atoms with E-state index in [9.17, 15) is 14.4 Å². The van der Waals surface area contributed by atoms with Crippen molar-refractivity contribution in [1.82, 2.24) is 19.9 Å². The summed E-state index contributed by atoms with van der Waals surface area (Å²) in [7, 11) is 0. The third kappa shape index (κ3) is 5.73. The van der Waals surface area contributed by atoms with Crippen molar-refractivity contribution in [2.24, 2.45) is 5.92 Å². The van der Waals surface area contributed by atoms with Gasteiger partial charge in [0.1, 0.15) is 5.82 Å².